The molecule has 0 aliphatic carbocycles. The van der Waals surface area contributed by atoms with Gasteiger partial charge in [0.05, 0.1) is 13.3 Å². The predicted octanol–water partition coefficient (Wildman–Crippen LogP) is 6.41. The van der Waals surface area contributed by atoms with Gasteiger partial charge in [-0.15, -0.1) is 0 Å². The molecule has 0 aromatic heterocycles. The summed E-state index contributed by atoms with van der Waals surface area (Å²) in [6.07, 6.45) is 7.50. The predicted molar refractivity (Wildman–Crippen MR) is 117 cm³/mol. The zero-order valence-corrected chi connectivity index (χ0v) is 17.5. The maximum absolute atomic E-state index is 5.76. The molecule has 0 radical (unpaired) electrons. The van der Waals surface area contributed by atoms with Crippen molar-refractivity contribution in [3.05, 3.63) is 60.2 Å². The summed E-state index contributed by atoms with van der Waals surface area (Å²) in [7, 11) is 2.16. The van der Waals surface area contributed by atoms with E-state index in [1.54, 1.807) is 0 Å². The van der Waals surface area contributed by atoms with Gasteiger partial charge in [-0.2, -0.15) is 0 Å². The van der Waals surface area contributed by atoms with E-state index in [0.717, 1.165) is 19.9 Å². The van der Waals surface area contributed by atoms with Crippen molar-refractivity contribution < 1.29 is 4.74 Å². The highest BCUT2D eigenvalue weighted by molar-refractivity contribution is 5.63. The van der Waals surface area contributed by atoms with Gasteiger partial charge in [0.25, 0.3) is 0 Å². The highest BCUT2D eigenvalue weighted by Gasteiger charge is 2.02. The lowest BCUT2D eigenvalue weighted by Gasteiger charge is -2.18. The fourth-order valence-electron chi connectivity index (χ4n) is 3.19. The molecule has 27 heavy (non-hydrogen) atoms. The number of rotatable bonds is 13. The van der Waals surface area contributed by atoms with Crippen molar-refractivity contribution in [2.45, 2.75) is 52.4 Å². The van der Waals surface area contributed by atoms with Gasteiger partial charge in [0.2, 0.25) is 0 Å². The van der Waals surface area contributed by atoms with Crippen LogP contribution in [0.2, 0.25) is 0 Å². The van der Waals surface area contributed by atoms with Gasteiger partial charge < -0.3 is 4.74 Å². The molecule has 0 amide bonds. The summed E-state index contributed by atoms with van der Waals surface area (Å²) >= 11 is 0. The van der Waals surface area contributed by atoms with Gasteiger partial charge in [-0.05, 0) is 55.5 Å². The third kappa shape index (κ3) is 8.73. The molecule has 2 aromatic carbocycles. The van der Waals surface area contributed by atoms with Crippen LogP contribution in [0.1, 0.15) is 51.5 Å². The lowest BCUT2D eigenvalue weighted by Crippen LogP contribution is -2.24. The molecule has 0 saturated heterocycles. The first-order chi connectivity index (χ1) is 13.2. The monoisotopic (exact) mass is 367 g/mol. The van der Waals surface area contributed by atoms with Gasteiger partial charge in [0, 0.05) is 0 Å². The van der Waals surface area contributed by atoms with Crippen molar-refractivity contribution in [2.75, 3.05) is 26.9 Å². The van der Waals surface area contributed by atoms with Crippen molar-refractivity contribution in [1.29, 1.82) is 0 Å². The number of nitrogens with zero attached hydrogens (tertiary/aromatic N) is 1. The topological polar surface area (TPSA) is 12.5 Å². The Morgan fingerprint density at radius 2 is 1.63 bits per heavy atom. The first-order valence-corrected chi connectivity index (χ1v) is 10.6. The maximum atomic E-state index is 5.76. The Balaban J connectivity index is 1.58. The first kappa shape index (κ1) is 21.7. The average molecular weight is 368 g/mol. The molecule has 1 atom stereocenters. The fraction of sp³-hybridized carbons (Fsp3) is 0.520. The number of benzene rings is 2. The summed E-state index contributed by atoms with van der Waals surface area (Å²) in [5, 5.41) is 0. The van der Waals surface area contributed by atoms with Gasteiger partial charge in [-0.1, -0.05) is 87.7 Å². The largest absolute Gasteiger partial charge is 0.366 e. The summed E-state index contributed by atoms with van der Waals surface area (Å²) in [5.74, 6) is 0.666. The van der Waals surface area contributed by atoms with Crippen molar-refractivity contribution in [3.63, 3.8) is 0 Å². The molecule has 0 aliphatic rings. The Bertz CT molecular complexity index is 625. The van der Waals surface area contributed by atoms with Crippen LogP contribution in [0.5, 0.6) is 0 Å². The molecule has 0 heterocycles. The van der Waals surface area contributed by atoms with Crippen LogP contribution in [0, 0.1) is 5.92 Å². The molecule has 2 heteroatoms. The number of ether oxygens (including phenoxy) is 1. The Kier molecular flexibility index (Phi) is 10.2. The molecular formula is C25H37NO. The minimum Gasteiger partial charge on any atom is -0.366 e. The summed E-state index contributed by atoms with van der Waals surface area (Å²) in [6.45, 7) is 7.23. The molecule has 2 nitrogen and oxygen atoms in total. The number of unbranched alkanes of at least 4 members (excludes halogenated alkanes) is 3. The second kappa shape index (κ2) is 12.7. The Morgan fingerprint density at radius 1 is 0.889 bits per heavy atom. The normalized spacial score (nSPS) is 12.4. The molecule has 0 N–H and O–H groups in total. The molecule has 0 fully saturated rings. The quantitative estimate of drug-likeness (QED) is 0.300. The van der Waals surface area contributed by atoms with E-state index in [-0.39, 0.29) is 0 Å². The SMILES string of the molecule is CCC(C)COCN(C)CCCCCCc1cccc(-c2ccccc2)c1. The molecule has 148 valence electrons. The van der Waals surface area contributed by atoms with E-state index >= 15 is 0 Å². The Morgan fingerprint density at radius 3 is 2.41 bits per heavy atom. The minimum atomic E-state index is 0.666. The second-order valence-electron chi connectivity index (χ2n) is 7.82. The van der Waals surface area contributed by atoms with E-state index in [2.05, 4.69) is 80.4 Å². The molecule has 0 spiro atoms. The van der Waals surface area contributed by atoms with Gasteiger partial charge in [-0.3, -0.25) is 4.90 Å². The van der Waals surface area contributed by atoms with E-state index in [0.29, 0.717) is 5.92 Å². The number of hydrogen-bond donors (Lipinski definition) is 0. The first-order valence-electron chi connectivity index (χ1n) is 10.6. The summed E-state index contributed by atoms with van der Waals surface area (Å²) in [4.78, 5) is 2.30. The molecule has 0 saturated carbocycles. The van der Waals surface area contributed by atoms with Crippen LogP contribution in [0.25, 0.3) is 11.1 Å². The molecule has 2 aromatic rings. The zero-order valence-electron chi connectivity index (χ0n) is 17.5. The Hall–Kier alpha value is -1.64. The minimum absolute atomic E-state index is 0.666. The standard InChI is InChI=1S/C25H37NO/c1-4-22(2)20-27-21-26(3)18-11-6-5-8-13-23-14-12-17-25(19-23)24-15-9-7-10-16-24/h7,9-10,12,14-17,19,22H,4-6,8,11,13,18,20-21H2,1-3H3. The van der Waals surface area contributed by atoms with E-state index in [9.17, 15) is 0 Å². The molecule has 2 rings (SSSR count). The van der Waals surface area contributed by atoms with Crippen LogP contribution in [-0.4, -0.2) is 31.8 Å². The zero-order chi connectivity index (χ0) is 19.3. The maximum Gasteiger partial charge on any atom is 0.0987 e. The van der Waals surface area contributed by atoms with Crippen LogP contribution in [0.4, 0.5) is 0 Å². The van der Waals surface area contributed by atoms with Crippen LogP contribution < -0.4 is 0 Å². The van der Waals surface area contributed by atoms with E-state index in [1.165, 1.54) is 55.2 Å². The number of aryl methyl sites for hydroxylation is 1. The highest BCUT2D eigenvalue weighted by Crippen LogP contribution is 2.21. The van der Waals surface area contributed by atoms with Crippen molar-refractivity contribution in [3.8, 4) is 11.1 Å². The second-order valence-corrected chi connectivity index (χ2v) is 7.82. The lowest BCUT2D eigenvalue weighted by atomic mass is 10.00. The summed E-state index contributed by atoms with van der Waals surface area (Å²) in [6, 6.07) is 19.6. The van der Waals surface area contributed by atoms with Gasteiger partial charge in [0.15, 0.2) is 0 Å². The van der Waals surface area contributed by atoms with Gasteiger partial charge >= 0.3 is 0 Å². The van der Waals surface area contributed by atoms with Crippen molar-refractivity contribution >= 4 is 0 Å². The third-order valence-electron chi connectivity index (χ3n) is 5.20. The summed E-state index contributed by atoms with van der Waals surface area (Å²) in [5.41, 5.74) is 4.08. The molecule has 0 bridgehead atoms. The highest BCUT2D eigenvalue weighted by atomic mass is 16.5. The molecular weight excluding hydrogens is 330 g/mol. The van der Waals surface area contributed by atoms with Crippen molar-refractivity contribution in [2.24, 2.45) is 5.92 Å². The smallest absolute Gasteiger partial charge is 0.0987 e. The average Bonchev–Trinajstić information content (AvgIpc) is 2.71. The molecule has 0 aliphatic heterocycles. The third-order valence-corrected chi connectivity index (χ3v) is 5.20. The van der Waals surface area contributed by atoms with Gasteiger partial charge in [0.1, 0.15) is 0 Å². The Labute approximate surface area is 166 Å². The summed E-state index contributed by atoms with van der Waals surface area (Å²) < 4.78 is 5.76. The van der Waals surface area contributed by atoms with Crippen LogP contribution >= 0.6 is 0 Å². The van der Waals surface area contributed by atoms with Crippen LogP contribution in [0.3, 0.4) is 0 Å². The lowest BCUT2D eigenvalue weighted by molar-refractivity contribution is 0.0247. The fourth-order valence-corrected chi connectivity index (χ4v) is 3.19. The van der Waals surface area contributed by atoms with E-state index in [1.807, 2.05) is 0 Å². The molecule has 1 unspecified atom stereocenters. The van der Waals surface area contributed by atoms with Crippen LogP contribution in [-0.2, 0) is 11.2 Å². The van der Waals surface area contributed by atoms with Gasteiger partial charge in [-0.25, -0.2) is 0 Å². The number of hydrogen-bond acceptors (Lipinski definition) is 2. The van der Waals surface area contributed by atoms with Crippen molar-refractivity contribution in [1.82, 2.24) is 4.90 Å². The van der Waals surface area contributed by atoms with Crippen LogP contribution in [0.15, 0.2) is 54.6 Å². The van der Waals surface area contributed by atoms with E-state index < -0.39 is 0 Å². The van der Waals surface area contributed by atoms with E-state index in [4.69, 9.17) is 4.74 Å².